The predicted molar refractivity (Wildman–Crippen MR) is 102 cm³/mol. The number of likely N-dealkylation sites (tertiary alicyclic amines) is 1. The van der Waals surface area contributed by atoms with Crippen molar-refractivity contribution in [1.29, 1.82) is 0 Å². The highest BCUT2D eigenvalue weighted by molar-refractivity contribution is 5.85. The molecule has 134 valence electrons. The molecule has 2 atom stereocenters. The van der Waals surface area contributed by atoms with Gasteiger partial charge in [0.15, 0.2) is 0 Å². The second-order valence-corrected chi connectivity index (χ2v) is 8.11. The molecule has 0 saturated carbocycles. The molecule has 0 aromatic heterocycles. The van der Waals surface area contributed by atoms with E-state index in [1.54, 1.807) is 0 Å². The lowest BCUT2D eigenvalue weighted by atomic mass is 9.86. The summed E-state index contributed by atoms with van der Waals surface area (Å²) in [6, 6.07) is 9.59. The van der Waals surface area contributed by atoms with E-state index in [2.05, 4.69) is 55.3 Å². The molecule has 2 heterocycles. The Morgan fingerprint density at radius 2 is 1.88 bits per heavy atom. The van der Waals surface area contributed by atoms with Gasteiger partial charge in [0.25, 0.3) is 0 Å². The number of amides is 1. The van der Waals surface area contributed by atoms with Crippen molar-refractivity contribution < 1.29 is 4.79 Å². The van der Waals surface area contributed by atoms with Crippen LogP contribution in [0.5, 0.6) is 0 Å². The molecular formula is C20H31ClN2O. The van der Waals surface area contributed by atoms with E-state index >= 15 is 0 Å². The molecule has 1 amide bonds. The van der Waals surface area contributed by atoms with E-state index < -0.39 is 0 Å². The smallest absolute Gasteiger partial charge is 0.224 e. The van der Waals surface area contributed by atoms with Crippen LogP contribution in [0.4, 0.5) is 0 Å². The summed E-state index contributed by atoms with van der Waals surface area (Å²) < 4.78 is 0. The molecular weight excluding hydrogens is 320 g/mol. The molecule has 2 aliphatic rings. The van der Waals surface area contributed by atoms with Crippen LogP contribution in [0.15, 0.2) is 24.3 Å². The van der Waals surface area contributed by atoms with Gasteiger partial charge in [-0.1, -0.05) is 45.0 Å². The predicted octanol–water partition coefficient (Wildman–Crippen LogP) is 4.21. The van der Waals surface area contributed by atoms with Crippen LogP contribution in [-0.2, 0) is 10.2 Å². The molecule has 3 nitrogen and oxygen atoms in total. The van der Waals surface area contributed by atoms with Crippen molar-refractivity contribution in [3.63, 3.8) is 0 Å². The largest absolute Gasteiger partial charge is 0.336 e. The van der Waals surface area contributed by atoms with Crippen molar-refractivity contribution in [3.05, 3.63) is 35.4 Å². The SMILES string of the molecule is CC(C)(C)c1ccc(C2CCCN2C(=O)CC2CCCN2)cc1.Cl. The fraction of sp³-hybridized carbons (Fsp3) is 0.650. The molecule has 2 unspecified atom stereocenters. The van der Waals surface area contributed by atoms with Crippen LogP contribution in [0, 0.1) is 0 Å². The fourth-order valence-corrected chi connectivity index (χ4v) is 3.88. The van der Waals surface area contributed by atoms with Gasteiger partial charge < -0.3 is 10.2 Å². The molecule has 0 spiro atoms. The molecule has 2 fully saturated rings. The molecule has 0 aliphatic carbocycles. The van der Waals surface area contributed by atoms with E-state index in [4.69, 9.17) is 0 Å². The Morgan fingerprint density at radius 1 is 1.17 bits per heavy atom. The molecule has 2 saturated heterocycles. The third-order valence-electron chi connectivity index (χ3n) is 5.32. The number of rotatable bonds is 3. The van der Waals surface area contributed by atoms with Crippen LogP contribution < -0.4 is 5.32 Å². The van der Waals surface area contributed by atoms with Gasteiger partial charge >= 0.3 is 0 Å². The standard InChI is InChI=1S/C20H30N2O.ClH/c1-20(2,3)16-10-8-15(9-11-16)18-7-5-13-22(18)19(23)14-17-6-4-12-21-17;/h8-11,17-18,21H,4-7,12-14H2,1-3H3;1H. The second kappa shape index (κ2) is 7.88. The zero-order valence-corrected chi connectivity index (χ0v) is 16.0. The first-order chi connectivity index (χ1) is 10.9. The average Bonchev–Trinajstić information content (AvgIpc) is 3.17. The topological polar surface area (TPSA) is 32.3 Å². The van der Waals surface area contributed by atoms with Crippen molar-refractivity contribution in [1.82, 2.24) is 10.2 Å². The molecule has 1 N–H and O–H groups in total. The third-order valence-corrected chi connectivity index (χ3v) is 5.32. The summed E-state index contributed by atoms with van der Waals surface area (Å²) >= 11 is 0. The minimum absolute atomic E-state index is 0. The molecule has 0 bridgehead atoms. The number of nitrogens with one attached hydrogen (secondary N) is 1. The van der Waals surface area contributed by atoms with Crippen molar-refractivity contribution in [2.24, 2.45) is 0 Å². The Bertz CT molecular complexity index is 544. The Balaban J connectivity index is 0.00000208. The maximum absolute atomic E-state index is 12.7. The average molecular weight is 351 g/mol. The Labute approximate surface area is 152 Å². The number of halogens is 1. The number of hydrogen-bond donors (Lipinski definition) is 1. The minimum atomic E-state index is 0. The molecule has 4 heteroatoms. The third kappa shape index (κ3) is 4.31. The normalized spacial score (nSPS) is 24.0. The summed E-state index contributed by atoms with van der Waals surface area (Å²) in [5, 5.41) is 3.44. The summed E-state index contributed by atoms with van der Waals surface area (Å²) in [5.41, 5.74) is 2.83. The van der Waals surface area contributed by atoms with Gasteiger partial charge in [0.2, 0.25) is 5.91 Å². The van der Waals surface area contributed by atoms with Crippen LogP contribution in [-0.4, -0.2) is 29.9 Å². The zero-order chi connectivity index (χ0) is 16.4. The van der Waals surface area contributed by atoms with Crippen LogP contribution in [0.25, 0.3) is 0 Å². The molecule has 2 aliphatic heterocycles. The van der Waals surface area contributed by atoms with Crippen LogP contribution in [0.3, 0.4) is 0 Å². The highest BCUT2D eigenvalue weighted by atomic mass is 35.5. The van der Waals surface area contributed by atoms with E-state index in [9.17, 15) is 4.79 Å². The molecule has 24 heavy (non-hydrogen) atoms. The van der Waals surface area contributed by atoms with Gasteiger partial charge in [0, 0.05) is 19.0 Å². The van der Waals surface area contributed by atoms with Crippen molar-refractivity contribution in [2.45, 2.75) is 70.4 Å². The van der Waals surface area contributed by atoms with E-state index in [1.807, 2.05) is 0 Å². The lowest BCUT2D eigenvalue weighted by Gasteiger charge is -2.27. The fourth-order valence-electron chi connectivity index (χ4n) is 3.88. The van der Waals surface area contributed by atoms with Gasteiger partial charge in [-0.3, -0.25) is 4.79 Å². The first-order valence-electron chi connectivity index (χ1n) is 9.08. The molecule has 3 rings (SSSR count). The van der Waals surface area contributed by atoms with Gasteiger partial charge in [-0.05, 0) is 48.8 Å². The molecule has 0 radical (unpaired) electrons. The number of nitrogens with zero attached hydrogens (tertiary/aromatic N) is 1. The van der Waals surface area contributed by atoms with Gasteiger partial charge in [-0.25, -0.2) is 0 Å². The summed E-state index contributed by atoms with van der Waals surface area (Å²) in [6.07, 6.45) is 5.23. The van der Waals surface area contributed by atoms with E-state index in [1.165, 1.54) is 17.5 Å². The number of hydrogen-bond acceptors (Lipinski definition) is 2. The van der Waals surface area contributed by atoms with Crippen molar-refractivity contribution >= 4 is 18.3 Å². The summed E-state index contributed by atoms with van der Waals surface area (Å²) in [4.78, 5) is 14.8. The first-order valence-corrected chi connectivity index (χ1v) is 9.08. The van der Waals surface area contributed by atoms with E-state index in [-0.39, 0.29) is 23.9 Å². The van der Waals surface area contributed by atoms with Gasteiger partial charge in [0.1, 0.15) is 0 Å². The Hall–Kier alpha value is -1.06. The van der Waals surface area contributed by atoms with E-state index in [0.717, 1.165) is 32.4 Å². The zero-order valence-electron chi connectivity index (χ0n) is 15.2. The number of carbonyl (C=O) groups is 1. The summed E-state index contributed by atoms with van der Waals surface area (Å²) in [7, 11) is 0. The van der Waals surface area contributed by atoms with Crippen LogP contribution in [0.1, 0.15) is 70.0 Å². The summed E-state index contributed by atoms with van der Waals surface area (Å²) in [5.74, 6) is 0.326. The van der Waals surface area contributed by atoms with Crippen molar-refractivity contribution in [3.8, 4) is 0 Å². The highest BCUT2D eigenvalue weighted by Gasteiger charge is 2.31. The Morgan fingerprint density at radius 3 is 2.46 bits per heavy atom. The highest BCUT2D eigenvalue weighted by Crippen LogP contribution is 2.34. The summed E-state index contributed by atoms with van der Waals surface area (Å²) in [6.45, 7) is 8.69. The van der Waals surface area contributed by atoms with Gasteiger partial charge in [0.05, 0.1) is 6.04 Å². The van der Waals surface area contributed by atoms with Crippen molar-refractivity contribution in [2.75, 3.05) is 13.1 Å². The van der Waals surface area contributed by atoms with E-state index in [0.29, 0.717) is 18.4 Å². The maximum Gasteiger partial charge on any atom is 0.224 e. The number of benzene rings is 1. The lowest BCUT2D eigenvalue weighted by molar-refractivity contribution is -0.132. The lowest BCUT2D eigenvalue weighted by Crippen LogP contribution is -2.35. The monoisotopic (exact) mass is 350 g/mol. The van der Waals surface area contributed by atoms with Gasteiger partial charge in [-0.2, -0.15) is 0 Å². The Kier molecular flexibility index (Phi) is 6.33. The van der Waals surface area contributed by atoms with Gasteiger partial charge in [-0.15, -0.1) is 12.4 Å². The van der Waals surface area contributed by atoms with Crippen LogP contribution >= 0.6 is 12.4 Å². The minimum Gasteiger partial charge on any atom is -0.336 e. The molecule has 1 aromatic rings. The number of carbonyl (C=O) groups excluding carboxylic acids is 1. The quantitative estimate of drug-likeness (QED) is 0.885. The molecule has 1 aromatic carbocycles. The van der Waals surface area contributed by atoms with Crippen LogP contribution in [0.2, 0.25) is 0 Å². The maximum atomic E-state index is 12.7. The second-order valence-electron chi connectivity index (χ2n) is 8.11. The first kappa shape index (κ1) is 19.3.